The minimum atomic E-state index is -3.27. The first-order chi connectivity index (χ1) is 12.4. The third-order valence-corrected chi connectivity index (χ3v) is 6.55. The van der Waals surface area contributed by atoms with Crippen LogP contribution in [0.1, 0.15) is 17.5 Å². The molecule has 3 aromatic rings. The summed E-state index contributed by atoms with van der Waals surface area (Å²) in [6.07, 6.45) is 2.90. The van der Waals surface area contributed by atoms with Crippen molar-refractivity contribution in [2.24, 2.45) is 0 Å². The van der Waals surface area contributed by atoms with Crippen LogP contribution < -0.4 is 4.31 Å². The third-order valence-electron chi connectivity index (χ3n) is 4.91. The number of hydrogen-bond donors (Lipinski definition) is 0. The first-order valence-corrected chi connectivity index (χ1v) is 10.7. The van der Waals surface area contributed by atoms with Gasteiger partial charge in [0.15, 0.2) is 0 Å². The summed E-state index contributed by atoms with van der Waals surface area (Å²) in [5.74, 6) is 0. The first-order valence-electron chi connectivity index (χ1n) is 8.52. The lowest BCUT2D eigenvalue weighted by atomic mass is 9.98. The van der Waals surface area contributed by atoms with Gasteiger partial charge in [0.1, 0.15) is 0 Å². The fourth-order valence-corrected chi connectivity index (χ4v) is 4.85. The zero-order valence-electron chi connectivity index (χ0n) is 15.1. The topological polar surface area (TPSA) is 50.3 Å². The number of aryl methyl sites for hydroxylation is 2. The van der Waals surface area contributed by atoms with Crippen molar-refractivity contribution in [3.63, 3.8) is 0 Å². The lowest BCUT2D eigenvalue weighted by Crippen LogP contribution is -2.34. The van der Waals surface area contributed by atoms with Gasteiger partial charge in [-0.1, -0.05) is 35.9 Å². The van der Waals surface area contributed by atoms with E-state index in [2.05, 4.69) is 0 Å². The average molecular weight is 423 g/mol. The van der Waals surface area contributed by atoms with Gasteiger partial charge in [0.25, 0.3) is 0 Å². The molecule has 0 saturated heterocycles. The van der Waals surface area contributed by atoms with Gasteiger partial charge in [0.2, 0.25) is 10.0 Å². The first kappa shape index (κ1) is 19.9. The van der Waals surface area contributed by atoms with Crippen LogP contribution in [0, 0.1) is 6.92 Å². The van der Waals surface area contributed by atoms with Gasteiger partial charge in [-0.05, 0) is 49.1 Å². The second-order valence-electron chi connectivity index (χ2n) is 6.70. The number of fused-ring (bicyclic) bond motifs is 2. The standard InChI is InChI=1S/C20H19ClN2O2S.ClH/c1-13-16-7-3-4-8-17(16)22-20(19(13)21)15-9-10-18-14(12-15)6-5-11-23(18)26(2,24)25;/h3-4,7-10,12H,5-6,11H2,1-2H3;1H. The summed E-state index contributed by atoms with van der Waals surface area (Å²) in [7, 11) is -3.27. The number of anilines is 1. The number of aromatic nitrogens is 1. The van der Waals surface area contributed by atoms with Crippen LogP contribution >= 0.6 is 24.0 Å². The van der Waals surface area contributed by atoms with Gasteiger partial charge in [0, 0.05) is 17.5 Å². The SMILES string of the molecule is Cc1c(Cl)c(-c2ccc3c(c2)CCCN3S(C)(=O)=O)nc2ccccc12.Cl. The van der Waals surface area contributed by atoms with Crippen molar-refractivity contribution in [2.45, 2.75) is 19.8 Å². The minimum Gasteiger partial charge on any atom is -0.270 e. The molecule has 0 spiro atoms. The molecular weight excluding hydrogens is 403 g/mol. The van der Waals surface area contributed by atoms with Crippen molar-refractivity contribution in [1.82, 2.24) is 4.98 Å². The maximum atomic E-state index is 12.0. The molecule has 4 nitrogen and oxygen atoms in total. The van der Waals surface area contributed by atoms with Gasteiger partial charge < -0.3 is 0 Å². The molecular formula is C20H20Cl2N2O2S. The van der Waals surface area contributed by atoms with Crippen molar-refractivity contribution >= 4 is 50.6 Å². The predicted octanol–water partition coefficient (Wildman–Crippen LogP) is 5.00. The maximum Gasteiger partial charge on any atom is 0.232 e. The van der Waals surface area contributed by atoms with E-state index in [0.29, 0.717) is 11.6 Å². The van der Waals surface area contributed by atoms with E-state index in [1.165, 1.54) is 10.6 Å². The Kier molecular flexibility index (Phi) is 5.39. The molecule has 0 radical (unpaired) electrons. The van der Waals surface area contributed by atoms with Crippen LogP contribution in [0.25, 0.3) is 22.2 Å². The van der Waals surface area contributed by atoms with Crippen molar-refractivity contribution in [2.75, 3.05) is 17.1 Å². The molecule has 27 heavy (non-hydrogen) atoms. The fourth-order valence-electron chi connectivity index (χ4n) is 3.60. The molecule has 0 saturated carbocycles. The van der Waals surface area contributed by atoms with E-state index in [9.17, 15) is 8.42 Å². The van der Waals surface area contributed by atoms with Crippen LogP contribution in [0.5, 0.6) is 0 Å². The number of pyridine rings is 1. The van der Waals surface area contributed by atoms with E-state index in [0.717, 1.165) is 51.8 Å². The van der Waals surface area contributed by atoms with Crippen molar-refractivity contribution in [3.05, 3.63) is 58.6 Å². The summed E-state index contributed by atoms with van der Waals surface area (Å²) in [5.41, 5.74) is 5.33. The molecule has 7 heteroatoms. The second-order valence-corrected chi connectivity index (χ2v) is 8.98. The number of rotatable bonds is 2. The Labute approximate surface area is 170 Å². The molecule has 142 valence electrons. The van der Waals surface area contributed by atoms with E-state index in [-0.39, 0.29) is 12.4 Å². The van der Waals surface area contributed by atoms with E-state index in [1.807, 2.05) is 49.4 Å². The van der Waals surface area contributed by atoms with Gasteiger partial charge >= 0.3 is 0 Å². The molecule has 0 N–H and O–H groups in total. The molecule has 0 aliphatic carbocycles. The van der Waals surface area contributed by atoms with Gasteiger partial charge in [-0.25, -0.2) is 13.4 Å². The Morgan fingerprint density at radius 1 is 1.15 bits per heavy atom. The largest absolute Gasteiger partial charge is 0.270 e. The highest BCUT2D eigenvalue weighted by molar-refractivity contribution is 7.92. The Morgan fingerprint density at radius 3 is 2.63 bits per heavy atom. The molecule has 1 aliphatic heterocycles. The van der Waals surface area contributed by atoms with Crippen molar-refractivity contribution in [1.29, 1.82) is 0 Å². The molecule has 4 rings (SSSR count). The van der Waals surface area contributed by atoms with E-state index >= 15 is 0 Å². The molecule has 0 unspecified atom stereocenters. The van der Waals surface area contributed by atoms with Gasteiger partial charge in [0.05, 0.1) is 28.2 Å². The highest BCUT2D eigenvalue weighted by atomic mass is 35.5. The lowest BCUT2D eigenvalue weighted by Gasteiger charge is -2.29. The van der Waals surface area contributed by atoms with Gasteiger partial charge in [-0.15, -0.1) is 12.4 Å². The summed E-state index contributed by atoms with van der Waals surface area (Å²) in [6.45, 7) is 2.53. The summed E-state index contributed by atoms with van der Waals surface area (Å²) >= 11 is 6.62. The Bertz CT molecular complexity index is 1130. The molecule has 0 fully saturated rings. The quantitative estimate of drug-likeness (QED) is 0.583. The highest BCUT2D eigenvalue weighted by Gasteiger charge is 2.24. The Hall–Kier alpha value is -1.82. The third kappa shape index (κ3) is 3.51. The maximum absolute atomic E-state index is 12.0. The van der Waals surface area contributed by atoms with Crippen LogP contribution in [0.15, 0.2) is 42.5 Å². The number of hydrogen-bond acceptors (Lipinski definition) is 3. The van der Waals surface area contributed by atoms with Crippen LogP contribution in [0.2, 0.25) is 5.02 Å². The fraction of sp³-hybridized carbons (Fsp3) is 0.250. The normalized spacial score (nSPS) is 14.0. The molecule has 0 amide bonds. The summed E-state index contributed by atoms with van der Waals surface area (Å²) in [5, 5.41) is 1.68. The lowest BCUT2D eigenvalue weighted by molar-refractivity contribution is 0.592. The van der Waals surface area contributed by atoms with Crippen LogP contribution in [0.4, 0.5) is 5.69 Å². The monoisotopic (exact) mass is 422 g/mol. The molecule has 1 aromatic heterocycles. The summed E-state index contributed by atoms with van der Waals surface area (Å²) in [4.78, 5) is 4.76. The van der Waals surface area contributed by atoms with E-state index in [1.54, 1.807) is 0 Å². The summed E-state index contributed by atoms with van der Waals surface area (Å²) in [6, 6.07) is 13.7. The Balaban J connectivity index is 0.00000210. The molecule has 2 aromatic carbocycles. The van der Waals surface area contributed by atoms with E-state index < -0.39 is 10.0 Å². The number of nitrogens with zero attached hydrogens (tertiary/aromatic N) is 2. The predicted molar refractivity (Wildman–Crippen MR) is 115 cm³/mol. The van der Waals surface area contributed by atoms with Crippen LogP contribution in [0.3, 0.4) is 0 Å². The van der Waals surface area contributed by atoms with Crippen LogP contribution in [-0.4, -0.2) is 26.2 Å². The summed E-state index contributed by atoms with van der Waals surface area (Å²) < 4.78 is 25.6. The average Bonchev–Trinajstić information content (AvgIpc) is 2.63. The molecule has 1 aliphatic rings. The number of halogens is 2. The minimum absolute atomic E-state index is 0. The number of para-hydroxylation sites is 1. The Morgan fingerprint density at radius 2 is 1.89 bits per heavy atom. The number of sulfonamides is 1. The molecule has 0 bridgehead atoms. The van der Waals surface area contributed by atoms with Gasteiger partial charge in [-0.2, -0.15) is 0 Å². The smallest absolute Gasteiger partial charge is 0.232 e. The molecule has 2 heterocycles. The van der Waals surface area contributed by atoms with Crippen molar-refractivity contribution < 1.29 is 8.42 Å². The highest BCUT2D eigenvalue weighted by Crippen LogP contribution is 2.37. The van der Waals surface area contributed by atoms with Crippen LogP contribution in [-0.2, 0) is 16.4 Å². The number of benzene rings is 2. The molecule has 0 atom stereocenters. The van der Waals surface area contributed by atoms with E-state index in [4.69, 9.17) is 16.6 Å². The zero-order chi connectivity index (χ0) is 18.5. The van der Waals surface area contributed by atoms with Gasteiger partial charge in [-0.3, -0.25) is 4.31 Å². The van der Waals surface area contributed by atoms with Crippen molar-refractivity contribution in [3.8, 4) is 11.3 Å². The second kappa shape index (κ2) is 7.30. The zero-order valence-corrected chi connectivity index (χ0v) is 17.5.